The Labute approximate surface area is 231 Å². The second-order valence-corrected chi connectivity index (χ2v) is 10.1. The number of benzene rings is 2. The molecule has 2 aliphatic rings. The number of phenolic OH excluding ortho intramolecular Hbond substituents is 2. The molecule has 0 aliphatic carbocycles. The van der Waals surface area contributed by atoms with Gasteiger partial charge in [-0.25, -0.2) is 0 Å². The zero-order chi connectivity index (χ0) is 29.7. The second-order valence-electron chi connectivity index (χ2n) is 10.1. The van der Waals surface area contributed by atoms with Crippen LogP contribution in [0.1, 0.15) is 23.3 Å². The van der Waals surface area contributed by atoms with Gasteiger partial charge in [-0.2, -0.15) is 0 Å². The average molecular weight is 579 g/mol. The topological polar surface area (TPSA) is 251 Å². The van der Waals surface area contributed by atoms with Gasteiger partial charge in [-0.1, -0.05) is 30.3 Å². The highest BCUT2D eigenvalue weighted by molar-refractivity contribution is 5.91. The summed E-state index contributed by atoms with van der Waals surface area (Å²) in [5, 5.41) is 105. The van der Waals surface area contributed by atoms with E-state index in [4.69, 9.17) is 13.9 Å². The maximum atomic E-state index is 13.4. The van der Waals surface area contributed by atoms with E-state index in [-0.39, 0.29) is 5.76 Å². The van der Waals surface area contributed by atoms with E-state index in [9.17, 15) is 55.9 Å². The average Bonchev–Trinajstić information content (AvgIpc) is 2.97. The van der Waals surface area contributed by atoms with E-state index in [0.717, 1.165) is 6.07 Å². The van der Waals surface area contributed by atoms with Crippen molar-refractivity contribution in [1.82, 2.24) is 0 Å². The van der Waals surface area contributed by atoms with Gasteiger partial charge in [0.15, 0.2) is 11.0 Å². The minimum absolute atomic E-state index is 0.0201. The van der Waals surface area contributed by atoms with E-state index >= 15 is 0 Å². The van der Waals surface area contributed by atoms with E-state index < -0.39 is 113 Å². The molecule has 10 atom stereocenters. The van der Waals surface area contributed by atoms with Gasteiger partial charge < -0.3 is 65.0 Å². The van der Waals surface area contributed by atoms with E-state index in [1.54, 1.807) is 30.3 Å². The predicted octanol–water partition coefficient (Wildman–Crippen LogP) is -2.10. The van der Waals surface area contributed by atoms with Crippen molar-refractivity contribution in [3.05, 3.63) is 57.7 Å². The molecule has 2 saturated heterocycles. The van der Waals surface area contributed by atoms with Crippen molar-refractivity contribution in [1.29, 1.82) is 0 Å². The van der Waals surface area contributed by atoms with Crippen molar-refractivity contribution in [2.45, 2.75) is 61.0 Å². The van der Waals surface area contributed by atoms with Gasteiger partial charge in [-0.3, -0.25) is 4.79 Å². The first-order chi connectivity index (χ1) is 19.5. The fraction of sp³-hybridized carbons (Fsp3) is 0.444. The van der Waals surface area contributed by atoms with Crippen LogP contribution in [0.4, 0.5) is 0 Å². The monoisotopic (exact) mass is 578 g/mol. The van der Waals surface area contributed by atoms with Crippen LogP contribution in [0.3, 0.4) is 0 Å². The first-order valence-corrected chi connectivity index (χ1v) is 12.7. The SMILES string of the molecule is O=c1cc(-c2ccccc2)oc2c([C@H]3O[C@@H](CO)[C@@H](O)[C@@H](O)[C@@H]3O)c(O)c([C@@H]3O[C@@H](CO)[C@@H](O)[C@@H](O)[C@H]3O)c(O)c12. The van der Waals surface area contributed by atoms with Gasteiger partial charge in [0, 0.05) is 11.6 Å². The maximum absolute atomic E-state index is 13.4. The number of aliphatic hydroxyl groups excluding tert-OH is 8. The zero-order valence-corrected chi connectivity index (χ0v) is 21.3. The van der Waals surface area contributed by atoms with Crippen molar-refractivity contribution in [2.75, 3.05) is 13.2 Å². The van der Waals surface area contributed by atoms with Crippen molar-refractivity contribution >= 4 is 11.0 Å². The quantitative estimate of drug-likeness (QED) is 0.156. The number of ether oxygens (including phenoxy) is 2. The summed E-state index contributed by atoms with van der Waals surface area (Å²) in [5.41, 5.74) is -2.12. The lowest BCUT2D eigenvalue weighted by molar-refractivity contribution is -0.234. The fourth-order valence-electron chi connectivity index (χ4n) is 5.37. The number of hydrogen-bond donors (Lipinski definition) is 10. The van der Waals surface area contributed by atoms with Crippen molar-refractivity contribution < 1.29 is 65.0 Å². The molecule has 2 aromatic carbocycles. The number of aromatic hydroxyl groups is 2. The predicted molar refractivity (Wildman–Crippen MR) is 137 cm³/mol. The molecule has 3 heterocycles. The van der Waals surface area contributed by atoms with E-state index in [1.807, 2.05) is 0 Å². The highest BCUT2D eigenvalue weighted by atomic mass is 16.6. The van der Waals surface area contributed by atoms with E-state index in [2.05, 4.69) is 0 Å². The molecule has 0 unspecified atom stereocenters. The molecular formula is C27H30O14. The van der Waals surface area contributed by atoms with E-state index in [0.29, 0.717) is 5.56 Å². The molecule has 2 aliphatic heterocycles. The van der Waals surface area contributed by atoms with Gasteiger partial charge in [-0.05, 0) is 0 Å². The van der Waals surface area contributed by atoms with Gasteiger partial charge in [0.25, 0.3) is 0 Å². The molecule has 1 aromatic heterocycles. The molecule has 0 saturated carbocycles. The van der Waals surface area contributed by atoms with Gasteiger partial charge in [0.1, 0.15) is 83.7 Å². The summed E-state index contributed by atoms with van der Waals surface area (Å²) in [5.74, 6) is -1.92. The Hall–Kier alpha value is -3.15. The third-order valence-corrected chi connectivity index (χ3v) is 7.61. The Morgan fingerprint density at radius 2 is 1.17 bits per heavy atom. The van der Waals surface area contributed by atoms with Crippen molar-refractivity contribution in [3.8, 4) is 22.8 Å². The number of hydrogen-bond acceptors (Lipinski definition) is 14. The van der Waals surface area contributed by atoms with Gasteiger partial charge in [0.05, 0.1) is 24.3 Å². The molecule has 14 nitrogen and oxygen atoms in total. The van der Waals surface area contributed by atoms with Crippen LogP contribution in [-0.4, -0.2) is 113 Å². The van der Waals surface area contributed by atoms with Gasteiger partial charge in [-0.15, -0.1) is 0 Å². The molecule has 0 amide bonds. The number of phenols is 2. The summed E-state index contributed by atoms with van der Waals surface area (Å²) in [7, 11) is 0. The van der Waals surface area contributed by atoms with Crippen LogP contribution in [0, 0.1) is 0 Å². The Bertz CT molecular complexity index is 1450. The Morgan fingerprint density at radius 1 is 0.659 bits per heavy atom. The summed E-state index contributed by atoms with van der Waals surface area (Å²) in [6.45, 7) is -1.66. The third kappa shape index (κ3) is 4.77. The summed E-state index contributed by atoms with van der Waals surface area (Å²) >= 11 is 0. The largest absolute Gasteiger partial charge is 0.507 e. The van der Waals surface area contributed by atoms with Crippen LogP contribution in [0.15, 0.2) is 45.6 Å². The summed E-state index contributed by atoms with van der Waals surface area (Å²) in [6, 6.07) is 9.30. The Kier molecular flexibility index (Phi) is 8.06. The molecule has 0 spiro atoms. The standard InChI is InChI=1S/C27H30O14/c28-7-12-17(31)21(35)23(37)26(40-12)15-19(33)14-10(30)6-11(9-4-2-1-3-5-9)39-25(14)16(20(15)34)27-24(38)22(36)18(32)13(8-29)41-27/h1-6,12-13,17-18,21-24,26-29,31-38H,7-8H2/t12-,13-,17+,18+,21+,22+,23+,24-,26-,27+/m0/s1. The molecule has 3 aromatic rings. The van der Waals surface area contributed by atoms with Crippen LogP contribution < -0.4 is 5.43 Å². The lowest BCUT2D eigenvalue weighted by atomic mass is 9.85. The lowest BCUT2D eigenvalue weighted by Crippen LogP contribution is -2.55. The summed E-state index contributed by atoms with van der Waals surface area (Å²) < 4.78 is 17.1. The van der Waals surface area contributed by atoms with Crippen LogP contribution in [0.2, 0.25) is 0 Å². The zero-order valence-electron chi connectivity index (χ0n) is 21.3. The highest BCUT2D eigenvalue weighted by Crippen LogP contribution is 2.50. The Balaban J connectivity index is 1.82. The number of aliphatic hydroxyl groups is 8. The van der Waals surface area contributed by atoms with E-state index in [1.165, 1.54) is 0 Å². The molecule has 5 rings (SSSR count). The van der Waals surface area contributed by atoms with Crippen molar-refractivity contribution in [2.24, 2.45) is 0 Å². The molecule has 41 heavy (non-hydrogen) atoms. The van der Waals surface area contributed by atoms with Crippen LogP contribution >= 0.6 is 0 Å². The highest BCUT2D eigenvalue weighted by Gasteiger charge is 2.50. The molecule has 222 valence electrons. The molecule has 14 heteroatoms. The number of fused-ring (bicyclic) bond motifs is 1. The van der Waals surface area contributed by atoms with Crippen molar-refractivity contribution in [3.63, 3.8) is 0 Å². The minimum atomic E-state index is -2.00. The van der Waals surface area contributed by atoms with Gasteiger partial charge >= 0.3 is 0 Å². The second kappa shape index (κ2) is 11.3. The lowest BCUT2D eigenvalue weighted by Gasteiger charge is -2.42. The first-order valence-electron chi connectivity index (χ1n) is 12.7. The fourth-order valence-corrected chi connectivity index (χ4v) is 5.37. The Morgan fingerprint density at radius 3 is 1.68 bits per heavy atom. The first kappa shape index (κ1) is 29.3. The molecule has 0 bridgehead atoms. The van der Waals surface area contributed by atoms with Crippen LogP contribution in [0.5, 0.6) is 11.5 Å². The molecular weight excluding hydrogens is 548 g/mol. The summed E-state index contributed by atoms with van der Waals surface area (Å²) in [4.78, 5) is 13.4. The molecule has 0 radical (unpaired) electrons. The van der Waals surface area contributed by atoms with Crippen LogP contribution in [-0.2, 0) is 9.47 Å². The molecule has 10 N–H and O–H groups in total. The smallest absolute Gasteiger partial charge is 0.197 e. The third-order valence-electron chi connectivity index (χ3n) is 7.61. The summed E-state index contributed by atoms with van der Waals surface area (Å²) in [6.07, 6.45) is -17.9. The molecule has 2 fully saturated rings. The van der Waals surface area contributed by atoms with Crippen LogP contribution in [0.25, 0.3) is 22.3 Å². The van der Waals surface area contributed by atoms with Gasteiger partial charge in [0.2, 0.25) is 0 Å². The number of rotatable bonds is 5. The normalized spacial score (nSPS) is 34.1. The maximum Gasteiger partial charge on any atom is 0.197 e. The minimum Gasteiger partial charge on any atom is -0.507 e.